The molecule has 0 atom stereocenters. The maximum Gasteiger partial charge on any atom is 0.248 e. The van der Waals surface area contributed by atoms with Gasteiger partial charge in [-0.2, -0.15) is 0 Å². The van der Waals surface area contributed by atoms with Gasteiger partial charge in [0.1, 0.15) is 0 Å². The highest BCUT2D eigenvalue weighted by atomic mass is 16.2. The van der Waals surface area contributed by atoms with Crippen LogP contribution in [-0.4, -0.2) is 11.8 Å². The van der Waals surface area contributed by atoms with E-state index >= 15 is 0 Å². The maximum atomic E-state index is 12.0. The Morgan fingerprint density at radius 3 is 2.04 bits per heavy atom. The van der Waals surface area contributed by atoms with Crippen molar-refractivity contribution >= 4 is 23.2 Å². The van der Waals surface area contributed by atoms with Crippen molar-refractivity contribution in [2.24, 2.45) is 0 Å². The van der Waals surface area contributed by atoms with Gasteiger partial charge in [0.15, 0.2) is 0 Å². The molecule has 2 N–H and O–H groups in total. The second-order valence-electron chi connectivity index (χ2n) is 5.93. The fourth-order valence-electron chi connectivity index (χ4n) is 2.20. The molecule has 2 aromatic rings. The van der Waals surface area contributed by atoms with Crippen LogP contribution in [0.4, 0.5) is 11.4 Å². The molecule has 2 amide bonds. The van der Waals surface area contributed by atoms with E-state index in [1.165, 1.54) is 12.2 Å². The predicted octanol–water partition coefficient (Wildman–Crippen LogP) is 4.05. The van der Waals surface area contributed by atoms with Crippen molar-refractivity contribution < 1.29 is 9.59 Å². The molecule has 24 heavy (non-hydrogen) atoms. The number of aryl methyl sites for hydroxylation is 4. The summed E-state index contributed by atoms with van der Waals surface area (Å²) in [6.07, 6.45) is 2.47. The monoisotopic (exact) mass is 322 g/mol. The summed E-state index contributed by atoms with van der Waals surface area (Å²) >= 11 is 0. The lowest BCUT2D eigenvalue weighted by atomic mass is 10.1. The van der Waals surface area contributed by atoms with Gasteiger partial charge in [0.2, 0.25) is 11.8 Å². The molecule has 0 heterocycles. The first-order valence-corrected chi connectivity index (χ1v) is 7.79. The molecule has 0 radical (unpaired) electrons. The number of hydrogen-bond acceptors (Lipinski definition) is 2. The smallest absolute Gasteiger partial charge is 0.248 e. The molecule has 0 aliphatic carbocycles. The first-order chi connectivity index (χ1) is 11.3. The summed E-state index contributed by atoms with van der Waals surface area (Å²) < 4.78 is 0. The predicted molar refractivity (Wildman–Crippen MR) is 98.2 cm³/mol. The van der Waals surface area contributed by atoms with E-state index < -0.39 is 0 Å². The van der Waals surface area contributed by atoms with Crippen LogP contribution < -0.4 is 10.6 Å². The normalized spacial score (nSPS) is 10.7. The summed E-state index contributed by atoms with van der Waals surface area (Å²) in [4.78, 5) is 23.9. The van der Waals surface area contributed by atoms with Gasteiger partial charge >= 0.3 is 0 Å². The Kier molecular flexibility index (Phi) is 5.53. The summed E-state index contributed by atoms with van der Waals surface area (Å²) in [5.41, 5.74) is 5.76. The van der Waals surface area contributed by atoms with Crippen molar-refractivity contribution in [1.82, 2.24) is 0 Å². The standard InChI is InChI=1S/C20H22N2O2/c1-13-5-6-15(3)18(11-13)22-20(24)10-9-19(23)21-17-8-7-14(2)16(4)12-17/h5-12H,1-4H3,(H,21,23)(H,22,24). The molecule has 0 spiro atoms. The van der Waals surface area contributed by atoms with Gasteiger partial charge in [0.05, 0.1) is 0 Å². The molecule has 0 aromatic heterocycles. The zero-order valence-corrected chi connectivity index (χ0v) is 14.4. The Morgan fingerprint density at radius 2 is 1.38 bits per heavy atom. The molecule has 0 bridgehead atoms. The Bertz CT molecular complexity index is 807. The Morgan fingerprint density at radius 1 is 0.750 bits per heavy atom. The Hall–Kier alpha value is -2.88. The van der Waals surface area contributed by atoms with Crippen LogP contribution in [0.5, 0.6) is 0 Å². The minimum atomic E-state index is -0.339. The molecule has 0 saturated carbocycles. The van der Waals surface area contributed by atoms with Gasteiger partial charge in [-0.15, -0.1) is 0 Å². The van der Waals surface area contributed by atoms with E-state index in [1.54, 1.807) is 0 Å². The second kappa shape index (κ2) is 7.59. The number of rotatable bonds is 4. The maximum absolute atomic E-state index is 12.0. The number of carbonyl (C=O) groups is 2. The second-order valence-corrected chi connectivity index (χ2v) is 5.93. The van der Waals surface area contributed by atoms with Crippen LogP contribution in [0.2, 0.25) is 0 Å². The molecule has 0 aliphatic heterocycles. The van der Waals surface area contributed by atoms with E-state index in [0.717, 1.165) is 27.9 Å². The van der Waals surface area contributed by atoms with Crippen molar-refractivity contribution in [3.05, 3.63) is 70.8 Å². The number of amides is 2. The molecule has 4 nitrogen and oxygen atoms in total. The van der Waals surface area contributed by atoms with E-state index in [2.05, 4.69) is 10.6 Å². The third kappa shape index (κ3) is 4.81. The third-order valence-corrected chi connectivity index (χ3v) is 3.81. The summed E-state index contributed by atoms with van der Waals surface area (Å²) in [6, 6.07) is 11.5. The lowest BCUT2D eigenvalue weighted by Gasteiger charge is -2.07. The number of nitrogens with one attached hydrogen (secondary N) is 2. The fraction of sp³-hybridized carbons (Fsp3) is 0.200. The molecule has 0 aliphatic rings. The zero-order chi connectivity index (χ0) is 17.7. The van der Waals surface area contributed by atoms with Crippen LogP contribution in [0, 0.1) is 27.7 Å². The average Bonchev–Trinajstić information content (AvgIpc) is 2.52. The van der Waals surface area contributed by atoms with Gasteiger partial charge in [0, 0.05) is 23.5 Å². The van der Waals surface area contributed by atoms with Crippen molar-refractivity contribution in [3.63, 3.8) is 0 Å². The molecule has 2 rings (SSSR count). The van der Waals surface area contributed by atoms with E-state index in [9.17, 15) is 9.59 Å². The number of benzene rings is 2. The van der Waals surface area contributed by atoms with Crippen molar-refractivity contribution in [2.75, 3.05) is 10.6 Å². The van der Waals surface area contributed by atoms with Crippen molar-refractivity contribution in [3.8, 4) is 0 Å². The summed E-state index contributed by atoms with van der Waals surface area (Å²) in [5.74, 6) is -0.673. The van der Waals surface area contributed by atoms with Gasteiger partial charge in [-0.05, 0) is 68.1 Å². The van der Waals surface area contributed by atoms with Crippen LogP contribution in [-0.2, 0) is 9.59 Å². The molecule has 2 aromatic carbocycles. The molecular weight excluding hydrogens is 300 g/mol. The van der Waals surface area contributed by atoms with E-state index in [1.807, 2.05) is 64.1 Å². The fourth-order valence-corrected chi connectivity index (χ4v) is 2.20. The van der Waals surface area contributed by atoms with E-state index in [0.29, 0.717) is 5.69 Å². The number of anilines is 2. The molecule has 4 heteroatoms. The van der Waals surface area contributed by atoms with Crippen molar-refractivity contribution in [1.29, 1.82) is 0 Å². The molecular formula is C20H22N2O2. The van der Waals surface area contributed by atoms with Gasteiger partial charge < -0.3 is 10.6 Å². The molecule has 0 saturated heterocycles. The van der Waals surface area contributed by atoms with Gasteiger partial charge in [-0.1, -0.05) is 18.2 Å². The minimum absolute atomic E-state index is 0.334. The van der Waals surface area contributed by atoms with Crippen molar-refractivity contribution in [2.45, 2.75) is 27.7 Å². The summed E-state index contributed by atoms with van der Waals surface area (Å²) in [6.45, 7) is 7.88. The highest BCUT2D eigenvalue weighted by molar-refractivity contribution is 6.07. The van der Waals surface area contributed by atoms with E-state index in [4.69, 9.17) is 0 Å². The summed E-state index contributed by atoms with van der Waals surface area (Å²) in [5, 5.41) is 5.53. The largest absolute Gasteiger partial charge is 0.323 e. The lowest BCUT2D eigenvalue weighted by molar-refractivity contribution is -0.114. The SMILES string of the molecule is Cc1ccc(C)c(NC(=O)C=CC(=O)Nc2ccc(C)c(C)c2)c1. The molecule has 124 valence electrons. The minimum Gasteiger partial charge on any atom is -0.323 e. The number of carbonyl (C=O) groups excluding carboxylic acids is 2. The van der Waals surface area contributed by atoms with Crippen LogP contribution in [0.15, 0.2) is 48.6 Å². The third-order valence-electron chi connectivity index (χ3n) is 3.81. The lowest BCUT2D eigenvalue weighted by Crippen LogP contribution is -2.12. The van der Waals surface area contributed by atoms with E-state index in [-0.39, 0.29) is 11.8 Å². The van der Waals surface area contributed by atoms with Crippen LogP contribution in [0.3, 0.4) is 0 Å². The molecule has 0 fully saturated rings. The summed E-state index contributed by atoms with van der Waals surface area (Å²) in [7, 11) is 0. The highest BCUT2D eigenvalue weighted by Crippen LogP contribution is 2.16. The number of hydrogen-bond donors (Lipinski definition) is 2. The van der Waals surface area contributed by atoms with Crippen LogP contribution in [0.25, 0.3) is 0 Å². The highest BCUT2D eigenvalue weighted by Gasteiger charge is 2.04. The molecule has 0 unspecified atom stereocenters. The first-order valence-electron chi connectivity index (χ1n) is 7.79. The van der Waals surface area contributed by atoms with Crippen LogP contribution in [0.1, 0.15) is 22.3 Å². The first kappa shape index (κ1) is 17.5. The Labute approximate surface area is 142 Å². The van der Waals surface area contributed by atoms with Gasteiger partial charge in [-0.3, -0.25) is 9.59 Å². The quantitative estimate of drug-likeness (QED) is 0.834. The topological polar surface area (TPSA) is 58.2 Å². The zero-order valence-electron chi connectivity index (χ0n) is 14.4. The Balaban J connectivity index is 1.96. The average molecular weight is 322 g/mol. The van der Waals surface area contributed by atoms with Gasteiger partial charge in [-0.25, -0.2) is 0 Å². The van der Waals surface area contributed by atoms with Crippen LogP contribution >= 0.6 is 0 Å². The van der Waals surface area contributed by atoms with Gasteiger partial charge in [0.25, 0.3) is 0 Å².